The van der Waals surface area contributed by atoms with Gasteiger partial charge in [-0.25, -0.2) is 8.42 Å². The van der Waals surface area contributed by atoms with Gasteiger partial charge in [0.25, 0.3) is 0 Å². The molecule has 0 aliphatic carbocycles. The fourth-order valence-electron chi connectivity index (χ4n) is 3.32. The number of sulfonamides is 1. The third kappa shape index (κ3) is 4.95. The summed E-state index contributed by atoms with van der Waals surface area (Å²) >= 11 is 5.78. The molecule has 0 bridgehead atoms. The maximum absolute atomic E-state index is 11.7. The second-order valence-electron chi connectivity index (χ2n) is 7.30. The molecule has 0 unspecified atom stereocenters. The molecule has 152 valence electrons. The minimum atomic E-state index is -3.26. The number of nitrogens with one attached hydrogen (secondary N) is 1. The summed E-state index contributed by atoms with van der Waals surface area (Å²) < 4.78 is 28.1. The number of thiocarbonyl (C=S) groups is 1. The van der Waals surface area contributed by atoms with Crippen LogP contribution in [0.1, 0.15) is 40.6 Å². The molecule has 4 nitrogen and oxygen atoms in total. The molecule has 29 heavy (non-hydrogen) atoms. The van der Waals surface area contributed by atoms with E-state index in [1.165, 1.54) is 5.56 Å². The molecule has 6 heteroatoms. The van der Waals surface area contributed by atoms with E-state index < -0.39 is 10.0 Å². The molecule has 0 spiro atoms. The monoisotopic (exact) mass is 426 g/mol. The highest BCUT2D eigenvalue weighted by atomic mass is 32.2. The van der Waals surface area contributed by atoms with Gasteiger partial charge in [-0.1, -0.05) is 54.2 Å². The Kier molecular flexibility index (Phi) is 6.24. The molecule has 3 aromatic rings. The summed E-state index contributed by atoms with van der Waals surface area (Å²) in [5, 5.41) is 0. The van der Waals surface area contributed by atoms with E-state index >= 15 is 0 Å². The van der Waals surface area contributed by atoms with E-state index in [2.05, 4.69) is 53.5 Å². The highest BCUT2D eigenvalue weighted by Gasteiger charge is 2.15. The number of aromatic nitrogens is 1. The van der Waals surface area contributed by atoms with Gasteiger partial charge in [0.1, 0.15) is 0 Å². The van der Waals surface area contributed by atoms with Crippen molar-refractivity contribution in [3.05, 3.63) is 88.2 Å². The molecule has 0 fully saturated rings. The van der Waals surface area contributed by atoms with Crippen molar-refractivity contribution >= 4 is 32.8 Å². The number of benzene rings is 2. The average Bonchev–Trinajstić information content (AvgIpc) is 2.96. The van der Waals surface area contributed by atoms with Crippen molar-refractivity contribution in [2.24, 2.45) is 7.05 Å². The normalized spacial score (nSPS) is 11.4. The summed E-state index contributed by atoms with van der Waals surface area (Å²) in [6, 6.07) is 18.0. The quantitative estimate of drug-likeness (QED) is 0.438. The molecule has 1 heterocycles. The molecule has 0 saturated carbocycles. The first kappa shape index (κ1) is 21.3. The van der Waals surface area contributed by atoms with Crippen LogP contribution >= 0.6 is 12.2 Å². The van der Waals surface area contributed by atoms with E-state index in [4.69, 9.17) is 12.2 Å². The molecule has 3 rings (SSSR count). The van der Waals surface area contributed by atoms with E-state index in [-0.39, 0.29) is 5.75 Å². The van der Waals surface area contributed by atoms with Crippen molar-refractivity contribution in [3.8, 4) is 0 Å². The lowest BCUT2D eigenvalue weighted by Gasteiger charge is -2.11. The number of hydrogen-bond donors (Lipinski definition) is 1. The van der Waals surface area contributed by atoms with Crippen LogP contribution in [0.4, 0.5) is 5.69 Å². The summed E-state index contributed by atoms with van der Waals surface area (Å²) in [5.41, 5.74) is 7.33. The van der Waals surface area contributed by atoms with Gasteiger partial charge in [0.15, 0.2) is 0 Å². The molecule has 2 aromatic carbocycles. The minimum absolute atomic E-state index is 0.0566. The van der Waals surface area contributed by atoms with Gasteiger partial charge in [0.05, 0.1) is 16.3 Å². The van der Waals surface area contributed by atoms with E-state index in [1.807, 2.05) is 19.2 Å². The van der Waals surface area contributed by atoms with Crippen molar-refractivity contribution in [1.82, 2.24) is 4.57 Å². The lowest BCUT2D eigenvalue weighted by Crippen LogP contribution is -2.14. The van der Waals surface area contributed by atoms with E-state index in [0.29, 0.717) is 5.69 Å². The highest BCUT2D eigenvalue weighted by Crippen LogP contribution is 2.22. The Bertz CT molecular complexity index is 1130. The van der Waals surface area contributed by atoms with Crippen molar-refractivity contribution in [3.63, 3.8) is 0 Å². The third-order valence-corrected chi connectivity index (χ3v) is 6.78. The predicted octanol–water partition coefficient (Wildman–Crippen LogP) is 4.76. The van der Waals surface area contributed by atoms with Crippen LogP contribution in [0.25, 0.3) is 0 Å². The maximum Gasteiger partial charge on any atom is 0.232 e. The Balaban J connectivity index is 1.81. The lowest BCUT2D eigenvalue weighted by atomic mass is 10.1. The van der Waals surface area contributed by atoms with Gasteiger partial charge in [-0.15, -0.1) is 0 Å². The van der Waals surface area contributed by atoms with Crippen molar-refractivity contribution in [1.29, 1.82) is 0 Å². The van der Waals surface area contributed by atoms with Crippen LogP contribution < -0.4 is 4.72 Å². The van der Waals surface area contributed by atoms with Gasteiger partial charge in [0.2, 0.25) is 10.0 Å². The second-order valence-corrected chi connectivity index (χ2v) is 9.72. The number of nitrogens with zero attached hydrogens (tertiary/aromatic N) is 1. The van der Waals surface area contributed by atoms with E-state index in [1.54, 1.807) is 19.1 Å². The molecule has 1 N–H and O–H groups in total. The molecular weight excluding hydrogens is 400 g/mol. The molecule has 0 aliphatic heterocycles. The summed E-state index contributed by atoms with van der Waals surface area (Å²) in [5.74, 6) is 0.0566. The molecule has 0 amide bonds. The smallest absolute Gasteiger partial charge is 0.232 e. The summed E-state index contributed by atoms with van der Waals surface area (Å²) in [4.78, 5) is 0.848. The Morgan fingerprint density at radius 2 is 1.66 bits per heavy atom. The van der Waals surface area contributed by atoms with Gasteiger partial charge < -0.3 is 4.57 Å². The number of rotatable bonds is 7. The lowest BCUT2D eigenvalue weighted by molar-refractivity contribution is 0.602. The van der Waals surface area contributed by atoms with Crippen molar-refractivity contribution in [2.75, 3.05) is 10.5 Å². The summed E-state index contributed by atoms with van der Waals surface area (Å²) in [6.45, 7) is 5.77. The maximum atomic E-state index is 11.7. The van der Waals surface area contributed by atoms with Gasteiger partial charge >= 0.3 is 0 Å². The van der Waals surface area contributed by atoms with Gasteiger partial charge in [-0.2, -0.15) is 0 Å². The second kappa shape index (κ2) is 8.51. The van der Waals surface area contributed by atoms with Crippen LogP contribution in [0.2, 0.25) is 0 Å². The van der Waals surface area contributed by atoms with E-state index in [9.17, 15) is 8.42 Å². The highest BCUT2D eigenvalue weighted by molar-refractivity contribution is 7.92. The molecule has 0 saturated heterocycles. The van der Waals surface area contributed by atoms with Crippen LogP contribution in [0, 0.1) is 13.8 Å². The third-order valence-electron chi connectivity index (χ3n) is 5.04. The zero-order chi connectivity index (χ0) is 21.2. The first-order chi connectivity index (χ1) is 13.7. The van der Waals surface area contributed by atoms with Crippen LogP contribution in [0.5, 0.6) is 0 Å². The average molecular weight is 427 g/mol. The first-order valence-electron chi connectivity index (χ1n) is 9.56. The van der Waals surface area contributed by atoms with Crippen LogP contribution in [0.3, 0.4) is 0 Å². The van der Waals surface area contributed by atoms with Crippen LogP contribution in [-0.4, -0.2) is 23.6 Å². The Morgan fingerprint density at radius 3 is 2.24 bits per heavy atom. The fraction of sp³-hybridized carbons (Fsp3) is 0.261. The first-order valence-corrected chi connectivity index (χ1v) is 11.6. The minimum Gasteiger partial charge on any atom is -0.346 e. The topological polar surface area (TPSA) is 51.1 Å². The Hall–Kier alpha value is -2.44. The van der Waals surface area contributed by atoms with E-state index in [0.717, 1.165) is 39.4 Å². The number of aryl methyl sites for hydroxylation is 2. The molecule has 0 aliphatic rings. The van der Waals surface area contributed by atoms with Gasteiger partial charge in [0, 0.05) is 24.8 Å². The zero-order valence-corrected chi connectivity index (χ0v) is 18.8. The summed E-state index contributed by atoms with van der Waals surface area (Å²) in [7, 11) is -1.22. The predicted molar refractivity (Wildman–Crippen MR) is 124 cm³/mol. The zero-order valence-electron chi connectivity index (χ0n) is 17.2. The SMILES string of the molecule is CCS(=O)(=O)Nc1ccc(Cc2cc(C)c(C(=S)c3ccc(C)cc3)n2C)cc1. The summed E-state index contributed by atoms with van der Waals surface area (Å²) in [6.07, 6.45) is 0.745. The standard InChI is InChI=1S/C23H26N2O2S2/c1-5-29(26,27)24-20-12-8-18(9-13-20)15-21-14-17(3)22(25(21)4)23(28)19-10-6-16(2)7-11-19/h6-14,24H,5,15H2,1-4H3. The Labute approximate surface area is 178 Å². The molecule has 0 radical (unpaired) electrons. The van der Waals surface area contributed by atoms with Crippen LogP contribution in [-0.2, 0) is 23.5 Å². The van der Waals surface area contributed by atoms with Crippen molar-refractivity contribution in [2.45, 2.75) is 27.2 Å². The number of anilines is 1. The molecule has 1 aromatic heterocycles. The van der Waals surface area contributed by atoms with Gasteiger partial charge in [-0.05, 0) is 55.7 Å². The molecular formula is C23H26N2O2S2. The van der Waals surface area contributed by atoms with Gasteiger partial charge in [-0.3, -0.25) is 4.72 Å². The fourth-order valence-corrected chi connectivity index (χ4v) is 4.39. The van der Waals surface area contributed by atoms with Crippen LogP contribution in [0.15, 0.2) is 54.6 Å². The molecule has 0 atom stereocenters. The number of hydrogen-bond acceptors (Lipinski definition) is 3. The van der Waals surface area contributed by atoms with Crippen molar-refractivity contribution < 1.29 is 8.42 Å². The Morgan fingerprint density at radius 1 is 1.03 bits per heavy atom. The largest absolute Gasteiger partial charge is 0.346 e.